The average molecular weight is 536 g/mol. The van der Waals surface area contributed by atoms with Crippen LogP contribution in [0.3, 0.4) is 0 Å². The van der Waals surface area contributed by atoms with Crippen LogP contribution in [0.15, 0.2) is 36.9 Å². The number of nitrogens with one attached hydrogen (secondary N) is 1. The summed E-state index contributed by atoms with van der Waals surface area (Å²) in [4.78, 5) is 70.6. The summed E-state index contributed by atoms with van der Waals surface area (Å²) in [6, 6.07) is -0.927. The molecule has 0 amide bonds. The summed E-state index contributed by atoms with van der Waals surface area (Å²) in [5.74, 6) is 0. The molecule has 20 nitrogen and oxygen atoms in total. The van der Waals surface area contributed by atoms with E-state index in [0.29, 0.717) is 11.2 Å². The molecule has 1 fully saturated rings. The van der Waals surface area contributed by atoms with Gasteiger partial charge in [0.2, 0.25) is 0 Å². The average Bonchev–Trinajstić information content (AvgIpc) is 2.96. The molecule has 1 aliphatic heterocycles. The first-order valence-corrected chi connectivity index (χ1v) is 13.2. The molecule has 4 unspecified atom stereocenters. The first-order chi connectivity index (χ1) is 15.1. The SMILES string of the molecule is CP(=O)(N=O)OP(=O)(N=O)OP(=O)(O)OC[C@@]1(N)O[C@@H](n2ccc(=O)[nH]c2=O)C(N=O)[C@@H]1O. The first-order valence-electron chi connectivity index (χ1n) is 8.17. The molecular formula is C10H15N6O14P3. The van der Waals surface area contributed by atoms with Gasteiger partial charge in [0.25, 0.3) is 5.56 Å². The van der Waals surface area contributed by atoms with Gasteiger partial charge in [-0.2, -0.15) is 9.22 Å². The Kier molecular flexibility index (Phi) is 7.92. The Balaban J connectivity index is 2.23. The van der Waals surface area contributed by atoms with Gasteiger partial charge in [-0.3, -0.25) is 29.2 Å². The van der Waals surface area contributed by atoms with Crippen molar-refractivity contribution in [2.24, 2.45) is 20.8 Å². The summed E-state index contributed by atoms with van der Waals surface area (Å²) in [6.45, 7) is -0.829. The molecule has 7 atom stereocenters. The number of ether oxygens (including phenoxy) is 1. The van der Waals surface area contributed by atoms with Crippen molar-refractivity contribution in [2.45, 2.75) is 24.1 Å². The van der Waals surface area contributed by atoms with Gasteiger partial charge in [0.15, 0.2) is 18.0 Å². The number of aromatic nitrogens is 2. The number of rotatable bonds is 11. The summed E-state index contributed by atoms with van der Waals surface area (Å²) in [5, 5.41) is 12.9. The molecule has 2 heterocycles. The predicted molar refractivity (Wildman–Crippen MR) is 105 cm³/mol. The van der Waals surface area contributed by atoms with Crippen molar-refractivity contribution in [2.75, 3.05) is 13.3 Å². The van der Waals surface area contributed by atoms with Gasteiger partial charge < -0.3 is 14.7 Å². The minimum absolute atomic E-state index is 0.493. The number of nitrogens with zero attached hydrogens (tertiary/aromatic N) is 4. The fraction of sp³-hybridized carbons (Fsp3) is 0.600. The predicted octanol–water partition coefficient (Wildman–Crippen LogP) is -0.170. The van der Waals surface area contributed by atoms with E-state index in [1.807, 2.05) is 9.93 Å². The molecule has 0 aliphatic carbocycles. The number of phosphoric acid groups is 1. The fourth-order valence-electron chi connectivity index (χ4n) is 2.47. The van der Waals surface area contributed by atoms with E-state index >= 15 is 0 Å². The minimum atomic E-state index is -5.63. The lowest BCUT2D eigenvalue weighted by molar-refractivity contribution is -0.122. The van der Waals surface area contributed by atoms with Crippen molar-refractivity contribution in [1.29, 1.82) is 0 Å². The van der Waals surface area contributed by atoms with E-state index in [1.165, 1.54) is 0 Å². The number of aromatic amines is 1. The highest BCUT2D eigenvalue weighted by molar-refractivity contribution is 7.71. The summed E-state index contributed by atoms with van der Waals surface area (Å²) >= 11 is 0. The van der Waals surface area contributed by atoms with Crippen LogP contribution < -0.4 is 17.0 Å². The summed E-state index contributed by atoms with van der Waals surface area (Å²) < 4.78 is 53.7. The molecule has 0 radical (unpaired) electrons. The highest BCUT2D eigenvalue weighted by atomic mass is 31.3. The van der Waals surface area contributed by atoms with Crippen LogP contribution in [0.5, 0.6) is 0 Å². The minimum Gasteiger partial charge on any atom is -0.386 e. The Labute approximate surface area is 181 Å². The molecule has 184 valence electrons. The van der Waals surface area contributed by atoms with Crippen molar-refractivity contribution in [3.63, 3.8) is 0 Å². The molecule has 1 aromatic rings. The lowest BCUT2D eigenvalue weighted by Crippen LogP contribution is -2.54. The number of H-pyrrole nitrogens is 1. The van der Waals surface area contributed by atoms with E-state index in [2.05, 4.69) is 18.3 Å². The molecular weight excluding hydrogens is 521 g/mol. The topological polar surface area (TPSA) is 298 Å². The number of hydrogen-bond donors (Lipinski definition) is 4. The number of aliphatic hydroxyl groups excluding tert-OH is 1. The van der Waals surface area contributed by atoms with Gasteiger partial charge >= 0.3 is 28.8 Å². The van der Waals surface area contributed by atoms with Crippen molar-refractivity contribution in [1.82, 2.24) is 9.55 Å². The van der Waals surface area contributed by atoms with E-state index in [0.717, 1.165) is 12.3 Å². The van der Waals surface area contributed by atoms with Crippen LogP contribution in [0.4, 0.5) is 0 Å². The Hall–Kier alpha value is -2.11. The molecule has 5 N–H and O–H groups in total. The Morgan fingerprint density at radius 2 is 1.88 bits per heavy atom. The largest absolute Gasteiger partial charge is 0.505 e. The molecule has 1 saturated heterocycles. The van der Waals surface area contributed by atoms with Crippen molar-refractivity contribution in [3.8, 4) is 0 Å². The fourth-order valence-corrected chi connectivity index (χ4v) is 6.35. The van der Waals surface area contributed by atoms with Crippen molar-refractivity contribution < 1.29 is 41.6 Å². The number of phosphoric ester groups is 1. The van der Waals surface area contributed by atoms with Crippen LogP contribution in [0.25, 0.3) is 0 Å². The number of hydrogen-bond acceptors (Lipinski definition) is 15. The third-order valence-electron chi connectivity index (χ3n) is 3.87. The molecule has 0 bridgehead atoms. The summed E-state index contributed by atoms with van der Waals surface area (Å²) in [5.41, 5.74) is 1.32. The molecule has 1 aliphatic rings. The zero-order chi connectivity index (χ0) is 25.2. The maximum absolute atomic E-state index is 12.1. The highest BCUT2D eigenvalue weighted by Crippen LogP contribution is 2.70. The van der Waals surface area contributed by atoms with E-state index in [9.17, 15) is 48.0 Å². The van der Waals surface area contributed by atoms with Gasteiger partial charge in [0.05, 0.1) is 0 Å². The highest BCUT2D eigenvalue weighted by Gasteiger charge is 2.56. The summed E-state index contributed by atoms with van der Waals surface area (Å²) in [7, 11) is -15.8. The number of nitroso groups, excluding NO2 is 3. The van der Waals surface area contributed by atoms with Gasteiger partial charge in [0, 0.05) is 28.8 Å². The van der Waals surface area contributed by atoms with Crippen LogP contribution in [-0.2, 0) is 31.6 Å². The molecule has 1 aromatic heterocycles. The molecule has 2 rings (SSSR count). The van der Waals surface area contributed by atoms with Crippen LogP contribution >= 0.6 is 23.1 Å². The van der Waals surface area contributed by atoms with E-state index < -0.39 is 65.0 Å². The lowest BCUT2D eigenvalue weighted by Gasteiger charge is -2.27. The zero-order valence-corrected chi connectivity index (χ0v) is 18.8. The zero-order valence-electron chi connectivity index (χ0n) is 16.1. The summed E-state index contributed by atoms with van der Waals surface area (Å²) in [6.07, 6.45) is -2.91. The third kappa shape index (κ3) is 6.27. The number of nitrogens with two attached hydrogens (primary N) is 1. The van der Waals surface area contributed by atoms with Gasteiger partial charge in [-0.15, -0.1) is 9.81 Å². The lowest BCUT2D eigenvalue weighted by atomic mass is 10.0. The molecule has 33 heavy (non-hydrogen) atoms. The van der Waals surface area contributed by atoms with Gasteiger partial charge in [-0.1, -0.05) is 5.18 Å². The van der Waals surface area contributed by atoms with Gasteiger partial charge in [0.1, 0.15) is 12.7 Å². The second-order valence-corrected chi connectivity index (χ2v) is 11.7. The molecule has 23 heteroatoms. The molecule has 0 spiro atoms. The standard InChI is InChI=1S/C10H15N6O14P3/c1-31(23,14-21)29-32(24,15-22)30-33(25,26)27-4-10(11)7(18)6(13-20)8(28-10)16-3-2-5(17)12-9(16)19/h2-3,6-8,18H,4,11H2,1H3,(H,25,26)(H,12,17,19)/t6?,7-,8+,10+,31?,32?/m0/s1. The third-order valence-corrected chi connectivity index (χ3v) is 8.51. The van der Waals surface area contributed by atoms with Crippen molar-refractivity contribution >= 4 is 23.1 Å². The van der Waals surface area contributed by atoms with Crippen molar-refractivity contribution in [3.05, 3.63) is 47.8 Å². The van der Waals surface area contributed by atoms with Gasteiger partial charge in [-0.25, -0.2) is 18.2 Å². The first kappa shape index (κ1) is 27.1. The number of aliphatic hydroxyl groups is 1. The Bertz CT molecular complexity index is 1200. The quantitative estimate of drug-likeness (QED) is 0.211. The van der Waals surface area contributed by atoms with Crippen LogP contribution in [0.2, 0.25) is 0 Å². The van der Waals surface area contributed by atoms with E-state index in [1.54, 1.807) is 4.95 Å². The van der Waals surface area contributed by atoms with Gasteiger partial charge in [-0.05, 0) is 0 Å². The van der Waals surface area contributed by atoms with Crippen LogP contribution in [0, 0.1) is 14.7 Å². The Morgan fingerprint density at radius 3 is 2.39 bits per heavy atom. The Morgan fingerprint density at radius 1 is 1.24 bits per heavy atom. The monoisotopic (exact) mass is 536 g/mol. The van der Waals surface area contributed by atoms with E-state index in [-0.39, 0.29) is 0 Å². The maximum atomic E-state index is 12.1. The molecule has 0 aromatic carbocycles. The maximum Gasteiger partial charge on any atom is 0.505 e. The second-order valence-electron chi connectivity index (χ2n) is 6.36. The van der Waals surface area contributed by atoms with Crippen LogP contribution in [0.1, 0.15) is 6.23 Å². The van der Waals surface area contributed by atoms with E-state index in [4.69, 9.17) is 10.5 Å². The smallest absolute Gasteiger partial charge is 0.386 e. The van der Waals surface area contributed by atoms with Crippen LogP contribution in [-0.4, -0.2) is 50.7 Å². The molecule has 0 saturated carbocycles. The normalized spacial score (nSPS) is 30.5. The second kappa shape index (κ2) is 9.63.